The summed E-state index contributed by atoms with van der Waals surface area (Å²) < 4.78 is 36.0. The summed E-state index contributed by atoms with van der Waals surface area (Å²) in [6.07, 6.45) is 1.53. The van der Waals surface area contributed by atoms with Crippen LogP contribution in [-0.2, 0) is 0 Å². The predicted molar refractivity (Wildman–Crippen MR) is 64.8 cm³/mol. The van der Waals surface area contributed by atoms with Crippen LogP contribution in [0.5, 0.6) is 0 Å². The Balaban J connectivity index is 2.20. The van der Waals surface area contributed by atoms with Crippen LogP contribution < -0.4 is 0 Å². The average Bonchev–Trinajstić information content (AvgIpc) is 2.27. The fourth-order valence-corrected chi connectivity index (χ4v) is 2.30. The van der Waals surface area contributed by atoms with E-state index in [0.29, 0.717) is 0 Å². The van der Waals surface area contributed by atoms with E-state index in [-0.39, 0.29) is 0 Å². The molecule has 17 heavy (non-hydrogen) atoms. The van der Waals surface area contributed by atoms with Gasteiger partial charge in [0.1, 0.15) is 0 Å². The molecule has 0 aliphatic carbocycles. The van der Waals surface area contributed by atoms with Crippen molar-refractivity contribution in [3.8, 4) is 0 Å². The molecule has 0 aliphatic rings. The van der Waals surface area contributed by atoms with E-state index in [0.717, 1.165) is 16.3 Å². The van der Waals surface area contributed by atoms with E-state index in [1.54, 1.807) is 0 Å². The summed E-state index contributed by atoms with van der Waals surface area (Å²) in [7, 11) is 0. The average molecular weight is 301 g/mol. The molecular weight excluding hydrogens is 292 g/mol. The summed E-state index contributed by atoms with van der Waals surface area (Å²) >= 11 is -1.45. The molecule has 4 heteroatoms. The normalized spacial score (nSPS) is 12.4. The van der Waals surface area contributed by atoms with E-state index in [2.05, 4.69) is 0 Å². The van der Waals surface area contributed by atoms with Crippen LogP contribution in [0.25, 0.3) is 16.8 Å². The van der Waals surface area contributed by atoms with Gasteiger partial charge in [-0.05, 0) is 0 Å². The minimum absolute atomic E-state index is 0.801. The van der Waals surface area contributed by atoms with Crippen LogP contribution in [0.3, 0.4) is 0 Å². The molecule has 0 spiro atoms. The summed E-state index contributed by atoms with van der Waals surface area (Å²) in [4.78, 5) is 1.21. The van der Waals surface area contributed by atoms with E-state index in [1.807, 2.05) is 42.5 Å². The fraction of sp³-hybridized carbons (Fsp3) is 0.0769. The van der Waals surface area contributed by atoms with Crippen molar-refractivity contribution in [2.75, 3.05) is 0 Å². The Morgan fingerprint density at radius 1 is 0.941 bits per heavy atom. The number of hydrogen-bond donors (Lipinski definition) is 0. The standard InChI is InChI=1S/C13H9F3Se/c14-13(15,16)17-8-7-10-5-6-11-3-1-2-4-12(11)9-10/h1-9H/b8-7+. The first-order valence-corrected chi connectivity index (χ1v) is 6.79. The predicted octanol–water partition coefficient (Wildman–Crippen LogP) is 4.03. The summed E-state index contributed by atoms with van der Waals surface area (Å²) in [5.74, 6) is 0. The molecule has 0 bridgehead atoms. The quantitative estimate of drug-likeness (QED) is 0.735. The summed E-state index contributed by atoms with van der Waals surface area (Å²) in [5, 5.41) is -1.94. The van der Waals surface area contributed by atoms with Crippen LogP contribution >= 0.6 is 0 Å². The first-order chi connectivity index (χ1) is 8.04. The second-order valence-electron chi connectivity index (χ2n) is 3.47. The summed E-state index contributed by atoms with van der Waals surface area (Å²) in [6, 6.07) is 13.4. The third-order valence-electron chi connectivity index (χ3n) is 2.24. The molecule has 0 fully saturated rings. The number of alkyl halides is 3. The molecule has 0 N–H and O–H groups in total. The maximum absolute atomic E-state index is 12.0. The molecule has 2 rings (SSSR count). The number of benzene rings is 2. The van der Waals surface area contributed by atoms with E-state index in [1.165, 1.54) is 11.1 Å². The Kier molecular flexibility index (Phi) is 3.55. The third-order valence-corrected chi connectivity index (χ3v) is 3.37. The molecule has 0 heterocycles. The Labute approximate surface area is 103 Å². The van der Waals surface area contributed by atoms with E-state index in [4.69, 9.17) is 0 Å². The zero-order chi connectivity index (χ0) is 12.3. The van der Waals surface area contributed by atoms with Gasteiger partial charge in [0.05, 0.1) is 0 Å². The van der Waals surface area contributed by atoms with E-state index < -0.39 is 20.0 Å². The zero-order valence-corrected chi connectivity index (χ0v) is 10.5. The molecule has 0 atom stereocenters. The Bertz CT molecular complexity index is 544. The first kappa shape index (κ1) is 12.2. The fourth-order valence-electron chi connectivity index (χ4n) is 1.50. The van der Waals surface area contributed by atoms with Crippen molar-refractivity contribution < 1.29 is 13.2 Å². The number of halogens is 3. The van der Waals surface area contributed by atoms with Gasteiger partial charge < -0.3 is 0 Å². The van der Waals surface area contributed by atoms with Gasteiger partial charge in [0.25, 0.3) is 0 Å². The zero-order valence-electron chi connectivity index (χ0n) is 8.74. The summed E-state index contributed by atoms with van der Waals surface area (Å²) in [5.41, 5.74) is 0.801. The van der Waals surface area contributed by atoms with Gasteiger partial charge in [-0.15, -0.1) is 0 Å². The second-order valence-corrected chi connectivity index (χ2v) is 5.51. The molecule has 0 radical (unpaired) electrons. The molecule has 2 aromatic carbocycles. The van der Waals surface area contributed by atoms with Crippen molar-refractivity contribution in [3.05, 3.63) is 53.0 Å². The van der Waals surface area contributed by atoms with Crippen molar-refractivity contribution in [2.24, 2.45) is 0 Å². The van der Waals surface area contributed by atoms with Crippen LogP contribution in [0.2, 0.25) is 0 Å². The molecule has 0 aliphatic heterocycles. The van der Waals surface area contributed by atoms with Gasteiger partial charge in [-0.2, -0.15) is 0 Å². The Hall–Kier alpha value is -1.25. The number of fused-ring (bicyclic) bond motifs is 1. The van der Waals surface area contributed by atoms with Crippen molar-refractivity contribution in [1.82, 2.24) is 0 Å². The molecule has 0 nitrogen and oxygen atoms in total. The number of rotatable bonds is 2. The molecule has 0 saturated carbocycles. The van der Waals surface area contributed by atoms with Crippen LogP contribution in [0.4, 0.5) is 13.2 Å². The van der Waals surface area contributed by atoms with E-state index >= 15 is 0 Å². The van der Waals surface area contributed by atoms with Crippen LogP contribution in [0.15, 0.2) is 47.4 Å². The van der Waals surface area contributed by atoms with Crippen molar-refractivity contribution >= 4 is 31.8 Å². The van der Waals surface area contributed by atoms with Crippen molar-refractivity contribution in [3.63, 3.8) is 0 Å². The van der Waals surface area contributed by atoms with Crippen molar-refractivity contribution in [1.29, 1.82) is 0 Å². The minimum atomic E-state index is -4.07. The van der Waals surface area contributed by atoms with Crippen LogP contribution in [0, 0.1) is 0 Å². The molecule has 0 saturated heterocycles. The van der Waals surface area contributed by atoms with Gasteiger partial charge in [-0.1, -0.05) is 0 Å². The van der Waals surface area contributed by atoms with Gasteiger partial charge in [-0.25, -0.2) is 0 Å². The van der Waals surface area contributed by atoms with Crippen LogP contribution in [0.1, 0.15) is 5.56 Å². The monoisotopic (exact) mass is 302 g/mol. The van der Waals surface area contributed by atoms with Gasteiger partial charge in [0, 0.05) is 0 Å². The molecule has 2 aromatic rings. The SMILES string of the molecule is FC(F)(F)[Se]/C=C/c1ccc2ccccc2c1. The topological polar surface area (TPSA) is 0 Å². The summed E-state index contributed by atoms with van der Waals surface area (Å²) in [6.45, 7) is 0. The number of hydrogen-bond acceptors (Lipinski definition) is 0. The Morgan fingerprint density at radius 2 is 1.65 bits per heavy atom. The molecule has 0 amide bonds. The van der Waals surface area contributed by atoms with Crippen molar-refractivity contribution in [2.45, 2.75) is 5.07 Å². The molecular formula is C13H9F3Se. The van der Waals surface area contributed by atoms with Gasteiger partial charge in [0.2, 0.25) is 0 Å². The first-order valence-electron chi connectivity index (χ1n) is 4.94. The van der Waals surface area contributed by atoms with E-state index in [9.17, 15) is 13.2 Å². The molecule has 88 valence electrons. The maximum atomic E-state index is 12.0. The Morgan fingerprint density at radius 3 is 2.35 bits per heavy atom. The van der Waals surface area contributed by atoms with Crippen LogP contribution in [-0.4, -0.2) is 20.0 Å². The van der Waals surface area contributed by atoms with Gasteiger partial charge in [-0.3, -0.25) is 0 Å². The van der Waals surface area contributed by atoms with Gasteiger partial charge in [0.15, 0.2) is 0 Å². The third kappa shape index (κ3) is 3.62. The molecule has 0 aromatic heterocycles. The van der Waals surface area contributed by atoms with Gasteiger partial charge >= 0.3 is 103 Å². The molecule has 0 unspecified atom stereocenters. The second kappa shape index (κ2) is 4.94.